The number of nitrogen functional groups attached to an aromatic ring is 1. The van der Waals surface area contributed by atoms with Crippen molar-refractivity contribution in [2.24, 2.45) is 0 Å². The van der Waals surface area contributed by atoms with Crippen LogP contribution in [0.1, 0.15) is 5.56 Å². The third kappa shape index (κ3) is 3.84. The molecule has 2 aromatic rings. The molecule has 0 fully saturated rings. The average Bonchev–Trinajstić information content (AvgIpc) is 2.45. The molecule has 0 aliphatic carbocycles. The highest BCUT2D eigenvalue weighted by atomic mass is 79.9. The van der Waals surface area contributed by atoms with Crippen LogP contribution in [0.25, 0.3) is 0 Å². The molecule has 0 heterocycles. The van der Waals surface area contributed by atoms with Crippen molar-refractivity contribution < 1.29 is 8.42 Å². The summed E-state index contributed by atoms with van der Waals surface area (Å²) in [6, 6.07) is 14.5. The van der Waals surface area contributed by atoms with Gasteiger partial charge in [-0.05, 0) is 46.1 Å². The summed E-state index contributed by atoms with van der Waals surface area (Å²) in [7, 11) is -1.94. The molecule has 0 amide bonds. The number of rotatable bonds is 5. The van der Waals surface area contributed by atoms with Crippen molar-refractivity contribution in [3.8, 4) is 0 Å². The van der Waals surface area contributed by atoms with Gasteiger partial charge in [0.15, 0.2) is 0 Å². The Labute approximate surface area is 133 Å². The Morgan fingerprint density at radius 1 is 1.14 bits per heavy atom. The second-order valence-corrected chi connectivity index (χ2v) is 7.62. The van der Waals surface area contributed by atoms with Crippen LogP contribution in [0.3, 0.4) is 0 Å². The van der Waals surface area contributed by atoms with E-state index in [0.717, 1.165) is 5.56 Å². The van der Waals surface area contributed by atoms with Gasteiger partial charge in [-0.2, -0.15) is 0 Å². The predicted molar refractivity (Wildman–Crippen MR) is 88.5 cm³/mol. The Balaban J connectivity index is 2.15. The van der Waals surface area contributed by atoms with Gasteiger partial charge in [0.2, 0.25) is 10.0 Å². The first-order valence-electron chi connectivity index (χ1n) is 6.46. The van der Waals surface area contributed by atoms with Crippen molar-refractivity contribution in [1.82, 2.24) is 4.31 Å². The molecule has 2 aromatic carbocycles. The van der Waals surface area contributed by atoms with Crippen molar-refractivity contribution >= 4 is 31.6 Å². The lowest BCUT2D eigenvalue weighted by Gasteiger charge is -2.18. The molecular formula is C15H17BrN2O2S. The highest BCUT2D eigenvalue weighted by Gasteiger charge is 2.23. The molecule has 0 bridgehead atoms. The standard InChI is InChI=1S/C15H17BrN2O2S/c1-18(10-9-12-5-3-2-4-6-12)21(19,20)15-8-7-13(17)11-14(15)16/h2-8,11H,9-10,17H2,1H3. The summed E-state index contributed by atoms with van der Waals surface area (Å²) in [4.78, 5) is 0.229. The lowest BCUT2D eigenvalue weighted by molar-refractivity contribution is 0.472. The average molecular weight is 369 g/mol. The third-order valence-electron chi connectivity index (χ3n) is 3.20. The largest absolute Gasteiger partial charge is 0.399 e. The molecule has 4 nitrogen and oxygen atoms in total. The number of anilines is 1. The van der Waals surface area contributed by atoms with E-state index in [9.17, 15) is 8.42 Å². The van der Waals surface area contributed by atoms with Crippen LogP contribution in [0, 0.1) is 0 Å². The number of hydrogen-bond acceptors (Lipinski definition) is 3. The third-order valence-corrected chi connectivity index (χ3v) is 6.04. The van der Waals surface area contributed by atoms with Crippen LogP contribution in [0.2, 0.25) is 0 Å². The molecule has 6 heteroatoms. The van der Waals surface area contributed by atoms with Crippen LogP contribution in [0.15, 0.2) is 57.9 Å². The fraction of sp³-hybridized carbons (Fsp3) is 0.200. The smallest absolute Gasteiger partial charge is 0.243 e. The number of hydrogen-bond donors (Lipinski definition) is 1. The maximum Gasteiger partial charge on any atom is 0.243 e. The van der Waals surface area contributed by atoms with E-state index in [2.05, 4.69) is 15.9 Å². The molecule has 112 valence electrons. The van der Waals surface area contributed by atoms with Crippen molar-refractivity contribution in [1.29, 1.82) is 0 Å². The van der Waals surface area contributed by atoms with E-state index in [4.69, 9.17) is 5.73 Å². The summed E-state index contributed by atoms with van der Waals surface area (Å²) in [5.74, 6) is 0. The zero-order valence-corrected chi connectivity index (χ0v) is 14.1. The van der Waals surface area contributed by atoms with Crippen molar-refractivity contribution in [2.75, 3.05) is 19.3 Å². The highest BCUT2D eigenvalue weighted by molar-refractivity contribution is 9.10. The van der Waals surface area contributed by atoms with Crippen molar-refractivity contribution in [3.63, 3.8) is 0 Å². The van der Waals surface area contributed by atoms with Gasteiger partial charge in [0.1, 0.15) is 0 Å². The Morgan fingerprint density at radius 3 is 2.43 bits per heavy atom. The fourth-order valence-electron chi connectivity index (χ4n) is 1.95. The summed E-state index contributed by atoms with van der Waals surface area (Å²) in [6.07, 6.45) is 0.670. The van der Waals surface area contributed by atoms with Crippen LogP contribution in [-0.2, 0) is 16.4 Å². The SMILES string of the molecule is CN(CCc1ccccc1)S(=O)(=O)c1ccc(N)cc1Br. The van der Waals surface area contributed by atoms with Gasteiger partial charge in [0.05, 0.1) is 4.90 Å². The zero-order valence-electron chi connectivity index (χ0n) is 11.7. The van der Waals surface area contributed by atoms with Gasteiger partial charge >= 0.3 is 0 Å². The van der Waals surface area contributed by atoms with E-state index in [1.54, 1.807) is 19.2 Å². The van der Waals surface area contributed by atoms with Gasteiger partial charge in [-0.25, -0.2) is 12.7 Å². The fourth-order valence-corrected chi connectivity index (χ4v) is 4.17. The first-order valence-corrected chi connectivity index (χ1v) is 8.70. The minimum absolute atomic E-state index is 0.229. The van der Waals surface area contributed by atoms with E-state index in [0.29, 0.717) is 23.1 Å². The maximum atomic E-state index is 12.5. The lowest BCUT2D eigenvalue weighted by Crippen LogP contribution is -2.29. The monoisotopic (exact) mass is 368 g/mol. The highest BCUT2D eigenvalue weighted by Crippen LogP contribution is 2.26. The molecule has 21 heavy (non-hydrogen) atoms. The van der Waals surface area contributed by atoms with E-state index in [-0.39, 0.29) is 4.90 Å². The number of nitrogens with two attached hydrogens (primary N) is 1. The normalized spacial score (nSPS) is 11.8. The molecule has 2 rings (SSSR count). The summed E-state index contributed by atoms with van der Waals surface area (Å²) in [5.41, 5.74) is 7.27. The quantitative estimate of drug-likeness (QED) is 0.825. The second kappa shape index (κ2) is 6.60. The van der Waals surface area contributed by atoms with Crippen LogP contribution in [0.4, 0.5) is 5.69 Å². The van der Waals surface area contributed by atoms with Gasteiger partial charge in [0, 0.05) is 23.8 Å². The summed E-state index contributed by atoms with van der Waals surface area (Å²) < 4.78 is 26.9. The van der Waals surface area contributed by atoms with Gasteiger partial charge < -0.3 is 5.73 Å². The van der Waals surface area contributed by atoms with Crippen molar-refractivity contribution in [2.45, 2.75) is 11.3 Å². The van der Waals surface area contributed by atoms with Gasteiger partial charge in [-0.15, -0.1) is 0 Å². The number of halogens is 1. The molecule has 0 atom stereocenters. The summed E-state index contributed by atoms with van der Waals surface area (Å²) in [5, 5.41) is 0. The van der Waals surface area contributed by atoms with E-state index < -0.39 is 10.0 Å². The molecule has 0 saturated heterocycles. The summed E-state index contributed by atoms with van der Waals surface area (Å²) in [6.45, 7) is 0.420. The molecule has 0 saturated carbocycles. The van der Waals surface area contributed by atoms with Crippen molar-refractivity contribution in [3.05, 3.63) is 58.6 Å². The van der Waals surface area contributed by atoms with E-state index in [1.165, 1.54) is 10.4 Å². The number of likely N-dealkylation sites (N-methyl/N-ethyl adjacent to an activating group) is 1. The Bertz CT molecular complexity index is 718. The minimum Gasteiger partial charge on any atom is -0.399 e. The second-order valence-electron chi connectivity index (χ2n) is 4.75. The van der Waals surface area contributed by atoms with Gasteiger partial charge in [0.25, 0.3) is 0 Å². The van der Waals surface area contributed by atoms with Gasteiger partial charge in [-0.1, -0.05) is 30.3 Å². The molecule has 0 radical (unpaired) electrons. The molecule has 0 spiro atoms. The molecule has 0 aliphatic heterocycles. The predicted octanol–water partition coefficient (Wildman–Crippen LogP) is 2.89. The maximum absolute atomic E-state index is 12.5. The number of sulfonamides is 1. The number of benzene rings is 2. The molecule has 2 N–H and O–H groups in total. The Hall–Kier alpha value is -1.37. The number of nitrogens with zero attached hydrogens (tertiary/aromatic N) is 1. The first kappa shape index (κ1) is 16.0. The first-order chi connectivity index (χ1) is 9.91. The van der Waals surface area contributed by atoms with E-state index in [1.807, 2.05) is 30.3 Å². The molecule has 0 aliphatic rings. The Kier molecular flexibility index (Phi) is 5.03. The Morgan fingerprint density at radius 2 is 1.81 bits per heavy atom. The van der Waals surface area contributed by atoms with Crippen LogP contribution < -0.4 is 5.73 Å². The van der Waals surface area contributed by atoms with E-state index >= 15 is 0 Å². The lowest BCUT2D eigenvalue weighted by atomic mass is 10.2. The van der Waals surface area contributed by atoms with Crippen LogP contribution in [0.5, 0.6) is 0 Å². The molecule has 0 unspecified atom stereocenters. The molecule has 0 aromatic heterocycles. The molecular weight excluding hydrogens is 352 g/mol. The summed E-state index contributed by atoms with van der Waals surface area (Å²) >= 11 is 3.26. The zero-order chi connectivity index (χ0) is 15.5. The topological polar surface area (TPSA) is 63.4 Å². The van der Waals surface area contributed by atoms with Crippen LogP contribution in [-0.4, -0.2) is 26.3 Å². The van der Waals surface area contributed by atoms with Crippen LogP contribution >= 0.6 is 15.9 Å². The van der Waals surface area contributed by atoms with Gasteiger partial charge in [-0.3, -0.25) is 0 Å². The minimum atomic E-state index is -3.53.